The number of benzene rings is 1. The molecule has 1 unspecified atom stereocenters. The Labute approximate surface area is 119 Å². The van der Waals surface area contributed by atoms with Gasteiger partial charge < -0.3 is 15.8 Å². The van der Waals surface area contributed by atoms with Gasteiger partial charge in [-0.15, -0.1) is 0 Å². The zero-order chi connectivity index (χ0) is 16.2. The van der Waals surface area contributed by atoms with E-state index in [0.717, 1.165) is 0 Å². The molecule has 1 atom stereocenters. The summed E-state index contributed by atoms with van der Waals surface area (Å²) in [6.07, 6.45) is -0.00940. The molecule has 0 saturated heterocycles. The third-order valence-electron chi connectivity index (χ3n) is 2.60. The monoisotopic (exact) mass is 308 g/mol. The van der Waals surface area contributed by atoms with E-state index in [-0.39, 0.29) is 25.1 Å². The molecule has 21 heavy (non-hydrogen) atoms. The molecule has 0 fully saturated rings. The van der Waals surface area contributed by atoms with Crippen LogP contribution in [0.15, 0.2) is 6.07 Å². The Morgan fingerprint density at radius 3 is 2.19 bits per heavy atom. The molecule has 118 valence electrons. The predicted molar refractivity (Wildman–Crippen MR) is 67.6 cm³/mol. The van der Waals surface area contributed by atoms with E-state index >= 15 is 0 Å². The molecule has 1 amide bonds. The molecule has 0 radical (unpaired) electrons. The van der Waals surface area contributed by atoms with Crippen LogP contribution in [0.1, 0.15) is 20.3 Å². The zero-order valence-corrected chi connectivity index (χ0v) is 11.6. The number of nitrogens with two attached hydrogens (primary N) is 1. The number of carbonyl (C=O) groups excluding carboxylic acids is 1. The fourth-order valence-electron chi connectivity index (χ4n) is 1.67. The van der Waals surface area contributed by atoms with Crippen LogP contribution >= 0.6 is 0 Å². The summed E-state index contributed by atoms with van der Waals surface area (Å²) in [6, 6.07) is -0.749. The summed E-state index contributed by atoms with van der Waals surface area (Å²) in [5, 5.41) is 2.83. The fourth-order valence-corrected chi connectivity index (χ4v) is 1.67. The summed E-state index contributed by atoms with van der Waals surface area (Å²) in [5.74, 6) is -8.19. The van der Waals surface area contributed by atoms with Gasteiger partial charge in [0.2, 0.25) is 17.5 Å². The van der Waals surface area contributed by atoms with Gasteiger partial charge in [-0.3, -0.25) is 4.79 Å². The van der Waals surface area contributed by atoms with E-state index in [9.17, 15) is 22.4 Å². The van der Waals surface area contributed by atoms with Crippen molar-refractivity contribution in [2.24, 2.45) is 5.73 Å². The fraction of sp³-hybridized carbons (Fsp3) is 0.462. The zero-order valence-electron chi connectivity index (χ0n) is 11.6. The summed E-state index contributed by atoms with van der Waals surface area (Å²) in [5.41, 5.74) is 5.15. The molecule has 3 N–H and O–H groups in total. The highest BCUT2D eigenvalue weighted by Gasteiger charge is 2.22. The van der Waals surface area contributed by atoms with Crippen molar-refractivity contribution in [2.45, 2.75) is 32.4 Å². The first-order valence-corrected chi connectivity index (χ1v) is 6.25. The minimum absolute atomic E-state index is 0.00940. The highest BCUT2D eigenvalue weighted by molar-refractivity contribution is 5.79. The molecule has 4 nitrogen and oxygen atoms in total. The van der Waals surface area contributed by atoms with Crippen molar-refractivity contribution < 1.29 is 27.1 Å². The number of rotatable bonds is 7. The van der Waals surface area contributed by atoms with Gasteiger partial charge in [0.05, 0.1) is 12.6 Å². The molecule has 0 spiro atoms. The van der Waals surface area contributed by atoms with Gasteiger partial charge in [-0.1, -0.05) is 13.8 Å². The first kappa shape index (κ1) is 17.2. The van der Waals surface area contributed by atoms with Crippen molar-refractivity contribution in [1.29, 1.82) is 0 Å². The summed E-state index contributed by atoms with van der Waals surface area (Å²) < 4.78 is 57.3. The average Bonchev–Trinajstić information content (AvgIpc) is 2.38. The highest BCUT2D eigenvalue weighted by atomic mass is 19.2. The number of carbonyl (C=O) groups is 1. The lowest BCUT2D eigenvalue weighted by Gasteiger charge is -2.18. The van der Waals surface area contributed by atoms with Crippen LogP contribution in [0.2, 0.25) is 0 Å². The van der Waals surface area contributed by atoms with E-state index in [1.807, 2.05) is 0 Å². The van der Waals surface area contributed by atoms with Crippen molar-refractivity contribution in [3.05, 3.63) is 29.3 Å². The molecule has 1 aromatic carbocycles. The van der Waals surface area contributed by atoms with E-state index < -0.39 is 41.0 Å². The summed E-state index contributed by atoms with van der Waals surface area (Å²) >= 11 is 0. The average molecular weight is 308 g/mol. The maximum absolute atomic E-state index is 13.3. The lowest BCUT2D eigenvalue weighted by Crippen LogP contribution is -2.45. The number of nitrogens with one attached hydrogen (secondary N) is 1. The van der Waals surface area contributed by atoms with E-state index in [1.165, 1.54) is 0 Å². The Hall–Kier alpha value is -1.83. The largest absolute Gasteiger partial charge is 0.487 e. The first-order chi connectivity index (χ1) is 9.73. The topological polar surface area (TPSA) is 64.3 Å². The Morgan fingerprint density at radius 1 is 1.24 bits per heavy atom. The third-order valence-corrected chi connectivity index (χ3v) is 2.60. The van der Waals surface area contributed by atoms with Crippen LogP contribution in [-0.2, 0) is 4.79 Å². The molecule has 1 aromatic rings. The first-order valence-electron chi connectivity index (χ1n) is 6.25. The molecule has 0 aromatic heterocycles. The molecular formula is C13H16F4N2O2. The summed E-state index contributed by atoms with van der Waals surface area (Å²) in [6.45, 7) is 3.21. The normalized spacial score (nSPS) is 12.5. The third kappa shape index (κ3) is 4.59. The second-order valence-electron chi connectivity index (χ2n) is 4.71. The van der Waals surface area contributed by atoms with E-state index in [4.69, 9.17) is 10.5 Å². The van der Waals surface area contributed by atoms with Crippen molar-refractivity contribution in [3.8, 4) is 5.75 Å². The standard InChI is InChI=1S/C13H16F4N2O2/c1-6(2)19-9(13(18)20)3-4-21-12-10(16)7(14)5-8(15)11(12)17/h5-6,9,19H,3-4H2,1-2H3,(H2,18,20). The van der Waals surface area contributed by atoms with Crippen LogP contribution in [0.5, 0.6) is 5.75 Å². The molecule has 0 aliphatic carbocycles. The lowest BCUT2D eigenvalue weighted by molar-refractivity contribution is -0.120. The van der Waals surface area contributed by atoms with Crippen molar-refractivity contribution in [1.82, 2.24) is 5.32 Å². The summed E-state index contributed by atoms with van der Waals surface area (Å²) in [7, 11) is 0. The van der Waals surface area contributed by atoms with Crippen molar-refractivity contribution >= 4 is 5.91 Å². The van der Waals surface area contributed by atoms with Crippen LogP contribution < -0.4 is 15.8 Å². The Morgan fingerprint density at radius 2 is 1.76 bits per heavy atom. The second kappa shape index (κ2) is 7.26. The summed E-state index contributed by atoms with van der Waals surface area (Å²) in [4.78, 5) is 11.2. The number of hydrogen-bond acceptors (Lipinski definition) is 3. The minimum atomic E-state index is -1.62. The Balaban J connectivity index is 2.73. The second-order valence-corrected chi connectivity index (χ2v) is 4.71. The molecule has 1 rings (SSSR count). The van der Waals surface area contributed by atoms with Gasteiger partial charge in [0.15, 0.2) is 17.4 Å². The number of ether oxygens (including phenoxy) is 1. The maximum atomic E-state index is 13.3. The van der Waals surface area contributed by atoms with Crippen LogP contribution in [0, 0.1) is 23.3 Å². The molecule has 0 saturated carbocycles. The van der Waals surface area contributed by atoms with Gasteiger partial charge in [-0.05, 0) is 0 Å². The van der Waals surface area contributed by atoms with E-state index in [1.54, 1.807) is 13.8 Å². The number of amides is 1. The van der Waals surface area contributed by atoms with Gasteiger partial charge >= 0.3 is 0 Å². The van der Waals surface area contributed by atoms with Crippen LogP contribution in [0.4, 0.5) is 17.6 Å². The van der Waals surface area contributed by atoms with Gasteiger partial charge in [0, 0.05) is 18.5 Å². The van der Waals surface area contributed by atoms with Gasteiger partial charge in [0.1, 0.15) is 0 Å². The molecule has 8 heteroatoms. The van der Waals surface area contributed by atoms with E-state index in [2.05, 4.69) is 5.32 Å². The maximum Gasteiger partial charge on any atom is 0.234 e. The predicted octanol–water partition coefficient (Wildman–Crippen LogP) is 1.86. The van der Waals surface area contributed by atoms with Crippen LogP contribution in [-0.4, -0.2) is 24.6 Å². The highest BCUT2D eigenvalue weighted by Crippen LogP contribution is 2.26. The number of primary amides is 1. The number of hydrogen-bond donors (Lipinski definition) is 2. The van der Waals surface area contributed by atoms with Crippen molar-refractivity contribution in [2.75, 3.05) is 6.61 Å². The lowest BCUT2D eigenvalue weighted by atomic mass is 10.2. The van der Waals surface area contributed by atoms with E-state index in [0.29, 0.717) is 0 Å². The van der Waals surface area contributed by atoms with Gasteiger partial charge in [0.25, 0.3) is 0 Å². The Kier molecular flexibility index (Phi) is 5.95. The molecule has 0 heterocycles. The van der Waals surface area contributed by atoms with Crippen LogP contribution in [0.25, 0.3) is 0 Å². The number of halogens is 4. The molecule has 0 aliphatic rings. The quantitative estimate of drug-likeness (QED) is 0.597. The SMILES string of the molecule is CC(C)NC(CCOc1c(F)c(F)cc(F)c1F)C(N)=O. The Bertz CT molecular complexity index is 497. The van der Waals surface area contributed by atoms with Crippen LogP contribution in [0.3, 0.4) is 0 Å². The molecule has 0 bridgehead atoms. The van der Waals surface area contributed by atoms with Gasteiger partial charge in [-0.2, -0.15) is 8.78 Å². The minimum Gasteiger partial charge on any atom is -0.487 e. The molecular weight excluding hydrogens is 292 g/mol. The smallest absolute Gasteiger partial charge is 0.234 e. The molecule has 0 aliphatic heterocycles. The van der Waals surface area contributed by atoms with Gasteiger partial charge in [-0.25, -0.2) is 8.78 Å². The van der Waals surface area contributed by atoms with Crippen molar-refractivity contribution in [3.63, 3.8) is 0 Å².